The quantitative estimate of drug-likeness (QED) is 0.386. The summed E-state index contributed by atoms with van der Waals surface area (Å²) in [6.45, 7) is 2.09. The molecule has 5 rings (SSSR count). The van der Waals surface area contributed by atoms with Crippen molar-refractivity contribution in [2.45, 2.75) is 25.7 Å². The SMILES string of the molecule is Cc1ccc2nc(-c3ccc(NC4=CC(=O)C[C@@H](c5ccc(F)cc5)C4)cc3)sc2c1. The molecule has 154 valence electrons. The molecule has 1 atom stereocenters. The van der Waals surface area contributed by atoms with Gasteiger partial charge in [0, 0.05) is 29.4 Å². The number of ketones is 1. The molecule has 0 radical (unpaired) electrons. The lowest BCUT2D eigenvalue weighted by atomic mass is 9.85. The van der Waals surface area contributed by atoms with Crippen LogP contribution in [0.3, 0.4) is 0 Å². The van der Waals surface area contributed by atoms with Crippen molar-refractivity contribution in [3.05, 3.63) is 95.4 Å². The molecule has 1 N–H and O–H groups in total. The number of halogens is 1. The van der Waals surface area contributed by atoms with E-state index in [0.717, 1.165) is 39.5 Å². The molecule has 3 nitrogen and oxygen atoms in total. The van der Waals surface area contributed by atoms with E-state index in [9.17, 15) is 9.18 Å². The summed E-state index contributed by atoms with van der Waals surface area (Å²) in [6, 6.07) is 20.9. The number of carbonyl (C=O) groups excluding carboxylic acids is 1. The number of carbonyl (C=O) groups is 1. The van der Waals surface area contributed by atoms with Crippen molar-refractivity contribution in [3.63, 3.8) is 0 Å². The van der Waals surface area contributed by atoms with Gasteiger partial charge in [0.15, 0.2) is 5.78 Å². The standard InChI is InChI=1S/C26H21FN2OS/c1-16-2-11-24-25(12-16)31-26(29-24)18-5-9-21(10-6-18)28-22-13-19(14-23(30)15-22)17-3-7-20(27)8-4-17/h2-12,15,19,28H,13-14H2,1H3/t19-/m0/s1. The Morgan fingerprint density at radius 1 is 1.00 bits per heavy atom. The molecule has 1 aromatic heterocycles. The third kappa shape index (κ3) is 4.28. The number of nitrogens with zero attached hydrogens (tertiary/aromatic N) is 1. The van der Waals surface area contributed by atoms with E-state index in [1.54, 1.807) is 29.5 Å². The predicted molar refractivity (Wildman–Crippen MR) is 125 cm³/mol. The van der Waals surface area contributed by atoms with Gasteiger partial charge in [-0.2, -0.15) is 0 Å². The summed E-state index contributed by atoms with van der Waals surface area (Å²) in [7, 11) is 0. The number of thiazole rings is 1. The lowest BCUT2D eigenvalue weighted by molar-refractivity contribution is -0.115. The van der Waals surface area contributed by atoms with Crippen LogP contribution in [0, 0.1) is 12.7 Å². The second-order valence-corrected chi connectivity index (χ2v) is 9.02. The van der Waals surface area contributed by atoms with Crippen molar-refractivity contribution >= 4 is 33.0 Å². The zero-order chi connectivity index (χ0) is 21.4. The zero-order valence-corrected chi connectivity index (χ0v) is 17.9. The van der Waals surface area contributed by atoms with Crippen LogP contribution in [0.5, 0.6) is 0 Å². The van der Waals surface area contributed by atoms with E-state index in [4.69, 9.17) is 4.98 Å². The fourth-order valence-corrected chi connectivity index (χ4v) is 5.06. The third-order valence-electron chi connectivity index (χ3n) is 5.57. The van der Waals surface area contributed by atoms with Crippen LogP contribution in [0.1, 0.15) is 29.9 Å². The van der Waals surface area contributed by atoms with Crippen LogP contribution in [-0.4, -0.2) is 10.8 Å². The number of aromatic nitrogens is 1. The highest BCUT2D eigenvalue weighted by molar-refractivity contribution is 7.21. The average molecular weight is 429 g/mol. The Balaban J connectivity index is 1.32. The highest BCUT2D eigenvalue weighted by Crippen LogP contribution is 2.34. The van der Waals surface area contributed by atoms with Crippen molar-refractivity contribution in [1.82, 2.24) is 4.98 Å². The second kappa shape index (κ2) is 8.08. The second-order valence-electron chi connectivity index (χ2n) is 7.99. The van der Waals surface area contributed by atoms with Crippen LogP contribution < -0.4 is 5.32 Å². The lowest BCUT2D eigenvalue weighted by Crippen LogP contribution is -2.16. The van der Waals surface area contributed by atoms with Gasteiger partial charge in [0.1, 0.15) is 10.8 Å². The molecule has 5 heteroatoms. The molecule has 0 unspecified atom stereocenters. The Hall–Kier alpha value is -3.31. The third-order valence-corrected chi connectivity index (χ3v) is 6.64. The normalized spacial score (nSPS) is 16.4. The van der Waals surface area contributed by atoms with Crippen LogP contribution in [0.25, 0.3) is 20.8 Å². The topological polar surface area (TPSA) is 42.0 Å². The minimum atomic E-state index is -0.261. The number of hydrogen-bond acceptors (Lipinski definition) is 4. The van der Waals surface area contributed by atoms with Gasteiger partial charge in [0.05, 0.1) is 10.2 Å². The van der Waals surface area contributed by atoms with Crippen molar-refractivity contribution in [1.29, 1.82) is 0 Å². The largest absolute Gasteiger partial charge is 0.359 e. The van der Waals surface area contributed by atoms with Crippen LogP contribution >= 0.6 is 11.3 Å². The summed E-state index contributed by atoms with van der Waals surface area (Å²) in [5.41, 5.74) is 6.13. The first-order valence-electron chi connectivity index (χ1n) is 10.3. The molecule has 0 bridgehead atoms. The fraction of sp³-hybridized carbons (Fsp3) is 0.154. The number of anilines is 1. The zero-order valence-electron chi connectivity index (χ0n) is 17.1. The molecule has 0 amide bonds. The molecule has 0 saturated heterocycles. The maximum absolute atomic E-state index is 13.2. The van der Waals surface area contributed by atoms with Crippen molar-refractivity contribution in [3.8, 4) is 10.6 Å². The highest BCUT2D eigenvalue weighted by atomic mass is 32.1. The molecule has 3 aromatic carbocycles. The summed E-state index contributed by atoms with van der Waals surface area (Å²) in [5, 5.41) is 4.38. The molecular formula is C26H21FN2OS. The number of rotatable bonds is 4. The molecule has 0 fully saturated rings. The first-order chi connectivity index (χ1) is 15.0. The summed E-state index contributed by atoms with van der Waals surface area (Å²) in [4.78, 5) is 17.0. The monoisotopic (exact) mass is 428 g/mol. The molecule has 1 aliphatic rings. The van der Waals surface area contributed by atoms with Gasteiger partial charge in [0.2, 0.25) is 0 Å². The molecule has 0 spiro atoms. The predicted octanol–water partition coefficient (Wildman–Crippen LogP) is 6.85. The molecule has 31 heavy (non-hydrogen) atoms. The van der Waals surface area contributed by atoms with Gasteiger partial charge in [-0.3, -0.25) is 4.79 Å². The van der Waals surface area contributed by atoms with Gasteiger partial charge in [-0.1, -0.05) is 18.2 Å². The molecule has 4 aromatic rings. The number of fused-ring (bicyclic) bond motifs is 1. The number of aryl methyl sites for hydroxylation is 1. The highest BCUT2D eigenvalue weighted by Gasteiger charge is 2.22. The van der Waals surface area contributed by atoms with E-state index in [0.29, 0.717) is 6.42 Å². The first kappa shape index (κ1) is 19.6. The maximum Gasteiger partial charge on any atom is 0.158 e. The molecule has 0 saturated carbocycles. The van der Waals surface area contributed by atoms with Crippen LogP contribution in [0.4, 0.5) is 10.1 Å². The maximum atomic E-state index is 13.2. The smallest absolute Gasteiger partial charge is 0.158 e. The van der Waals surface area contributed by atoms with Crippen LogP contribution in [-0.2, 0) is 4.79 Å². The van der Waals surface area contributed by atoms with Crippen LogP contribution in [0.15, 0.2) is 78.5 Å². The Bertz CT molecular complexity index is 1290. The molecule has 0 aliphatic heterocycles. The Morgan fingerprint density at radius 2 is 1.77 bits per heavy atom. The summed E-state index contributed by atoms with van der Waals surface area (Å²) >= 11 is 1.69. The van der Waals surface area contributed by atoms with Gasteiger partial charge in [-0.05, 0) is 78.9 Å². The minimum absolute atomic E-state index is 0.0612. The number of hydrogen-bond donors (Lipinski definition) is 1. The van der Waals surface area contributed by atoms with Gasteiger partial charge in [0.25, 0.3) is 0 Å². The summed E-state index contributed by atoms with van der Waals surface area (Å²) in [6.07, 6.45) is 2.85. The Labute approximate surface area is 184 Å². The summed E-state index contributed by atoms with van der Waals surface area (Å²) in [5.74, 6) is -0.112. The van der Waals surface area contributed by atoms with Gasteiger partial charge in [-0.25, -0.2) is 9.37 Å². The van der Waals surface area contributed by atoms with Gasteiger partial charge in [-0.15, -0.1) is 11.3 Å². The minimum Gasteiger partial charge on any atom is -0.359 e. The lowest BCUT2D eigenvalue weighted by Gasteiger charge is -2.23. The first-order valence-corrected chi connectivity index (χ1v) is 11.1. The number of nitrogens with one attached hydrogen (secondary N) is 1. The van der Waals surface area contributed by atoms with Crippen molar-refractivity contribution < 1.29 is 9.18 Å². The molecule has 1 aliphatic carbocycles. The van der Waals surface area contributed by atoms with E-state index in [1.165, 1.54) is 22.4 Å². The van der Waals surface area contributed by atoms with E-state index >= 15 is 0 Å². The van der Waals surface area contributed by atoms with Crippen molar-refractivity contribution in [2.75, 3.05) is 5.32 Å². The molecule has 1 heterocycles. The summed E-state index contributed by atoms with van der Waals surface area (Å²) < 4.78 is 14.4. The average Bonchev–Trinajstić information content (AvgIpc) is 3.17. The van der Waals surface area contributed by atoms with Crippen LogP contribution in [0.2, 0.25) is 0 Å². The van der Waals surface area contributed by atoms with Gasteiger partial charge >= 0.3 is 0 Å². The van der Waals surface area contributed by atoms with Gasteiger partial charge < -0.3 is 5.32 Å². The number of benzene rings is 3. The number of allylic oxidation sites excluding steroid dienone is 2. The van der Waals surface area contributed by atoms with Crippen molar-refractivity contribution in [2.24, 2.45) is 0 Å². The van der Waals surface area contributed by atoms with E-state index in [2.05, 4.69) is 42.6 Å². The van der Waals surface area contributed by atoms with E-state index in [-0.39, 0.29) is 17.5 Å². The van der Waals surface area contributed by atoms with E-state index in [1.807, 2.05) is 12.1 Å². The van der Waals surface area contributed by atoms with E-state index < -0.39 is 0 Å². The Kier molecular flexibility index (Phi) is 5.12. The molecular weight excluding hydrogens is 407 g/mol. The fourth-order valence-electron chi connectivity index (χ4n) is 3.99. The Morgan fingerprint density at radius 3 is 2.55 bits per heavy atom.